The van der Waals surface area contributed by atoms with Crippen molar-refractivity contribution < 1.29 is 4.39 Å². The van der Waals surface area contributed by atoms with Crippen LogP contribution in [0.2, 0.25) is 0 Å². The molecule has 1 aliphatic heterocycles. The first kappa shape index (κ1) is 11.4. The zero-order chi connectivity index (χ0) is 11.8. The number of rotatable bonds is 1. The summed E-state index contributed by atoms with van der Waals surface area (Å²) in [7, 11) is 0. The summed E-state index contributed by atoms with van der Waals surface area (Å²) in [5, 5.41) is 0. The van der Waals surface area contributed by atoms with Gasteiger partial charge in [0.15, 0.2) is 0 Å². The Morgan fingerprint density at radius 3 is 2.31 bits per heavy atom. The van der Waals surface area contributed by atoms with Crippen LogP contribution in [0.25, 0.3) is 0 Å². The van der Waals surface area contributed by atoms with Crippen molar-refractivity contribution in [1.82, 2.24) is 0 Å². The van der Waals surface area contributed by atoms with E-state index in [1.165, 1.54) is 6.42 Å². The molecule has 0 saturated carbocycles. The third-order valence-electron chi connectivity index (χ3n) is 3.60. The van der Waals surface area contributed by atoms with Crippen LogP contribution in [0.5, 0.6) is 0 Å². The highest BCUT2D eigenvalue weighted by atomic mass is 19.1. The molecular weight excluding hydrogens is 201 g/mol. The van der Waals surface area contributed by atoms with Crippen LogP contribution in [-0.2, 0) is 0 Å². The maximum absolute atomic E-state index is 12.8. The van der Waals surface area contributed by atoms with Crippen LogP contribution in [0.15, 0.2) is 24.3 Å². The highest BCUT2D eigenvalue weighted by Crippen LogP contribution is 2.35. The minimum atomic E-state index is -0.157. The van der Waals surface area contributed by atoms with Crippen molar-refractivity contribution in [3.8, 4) is 0 Å². The quantitative estimate of drug-likeness (QED) is 0.699. The zero-order valence-corrected chi connectivity index (χ0v) is 10.3. The van der Waals surface area contributed by atoms with Gasteiger partial charge in [0.25, 0.3) is 0 Å². The van der Waals surface area contributed by atoms with Crippen LogP contribution in [0.4, 0.5) is 10.1 Å². The van der Waals surface area contributed by atoms with Gasteiger partial charge in [0, 0.05) is 18.8 Å². The van der Waals surface area contributed by atoms with E-state index in [0.29, 0.717) is 5.41 Å². The molecule has 1 unspecified atom stereocenters. The summed E-state index contributed by atoms with van der Waals surface area (Å²) >= 11 is 0. The van der Waals surface area contributed by atoms with Gasteiger partial charge in [-0.1, -0.05) is 20.8 Å². The van der Waals surface area contributed by atoms with Gasteiger partial charge >= 0.3 is 0 Å². The van der Waals surface area contributed by atoms with Gasteiger partial charge in [0.2, 0.25) is 0 Å². The van der Waals surface area contributed by atoms with Crippen molar-refractivity contribution in [3.05, 3.63) is 30.1 Å². The molecule has 1 heterocycles. The van der Waals surface area contributed by atoms with Crippen molar-refractivity contribution in [1.29, 1.82) is 0 Å². The molecule has 1 nitrogen and oxygen atoms in total. The lowest BCUT2D eigenvalue weighted by Crippen LogP contribution is -2.25. The summed E-state index contributed by atoms with van der Waals surface area (Å²) in [6, 6.07) is 6.83. The van der Waals surface area contributed by atoms with E-state index < -0.39 is 0 Å². The van der Waals surface area contributed by atoms with Crippen LogP contribution >= 0.6 is 0 Å². The molecule has 1 aliphatic rings. The molecule has 0 aromatic heterocycles. The van der Waals surface area contributed by atoms with Gasteiger partial charge in [0.05, 0.1) is 0 Å². The molecule has 0 bridgehead atoms. The predicted octanol–water partition coefficient (Wildman–Crippen LogP) is 3.70. The Bertz CT molecular complexity index is 350. The number of hydrogen-bond acceptors (Lipinski definition) is 1. The van der Waals surface area contributed by atoms with Crippen LogP contribution < -0.4 is 4.90 Å². The largest absolute Gasteiger partial charge is 0.371 e. The first-order chi connectivity index (χ1) is 7.47. The highest BCUT2D eigenvalue weighted by Gasteiger charge is 2.31. The molecule has 2 heteroatoms. The molecule has 1 aromatic rings. The Hall–Kier alpha value is -1.05. The maximum atomic E-state index is 12.8. The monoisotopic (exact) mass is 221 g/mol. The molecule has 1 fully saturated rings. The van der Waals surface area contributed by atoms with Crippen molar-refractivity contribution in [2.75, 3.05) is 18.0 Å². The van der Waals surface area contributed by atoms with Gasteiger partial charge in [-0.05, 0) is 42.0 Å². The number of anilines is 1. The lowest BCUT2D eigenvalue weighted by Gasteiger charge is -2.27. The molecule has 0 N–H and O–H groups in total. The average Bonchev–Trinajstić information content (AvgIpc) is 2.67. The van der Waals surface area contributed by atoms with Crippen LogP contribution in [0.3, 0.4) is 0 Å². The number of halogens is 1. The average molecular weight is 221 g/mol. The second kappa shape index (κ2) is 4.08. The Labute approximate surface area is 97.3 Å². The van der Waals surface area contributed by atoms with E-state index in [1.54, 1.807) is 12.1 Å². The fourth-order valence-corrected chi connectivity index (χ4v) is 2.35. The third kappa shape index (κ3) is 2.37. The molecule has 2 rings (SSSR count). The Balaban J connectivity index is 2.06. The third-order valence-corrected chi connectivity index (χ3v) is 3.60. The topological polar surface area (TPSA) is 3.24 Å². The summed E-state index contributed by atoms with van der Waals surface area (Å²) in [5.41, 5.74) is 1.52. The summed E-state index contributed by atoms with van der Waals surface area (Å²) < 4.78 is 12.8. The highest BCUT2D eigenvalue weighted by molar-refractivity contribution is 5.47. The number of hydrogen-bond donors (Lipinski definition) is 0. The molecule has 1 aromatic carbocycles. The summed E-state index contributed by atoms with van der Waals surface area (Å²) in [6.45, 7) is 9.08. The molecule has 0 radical (unpaired) electrons. The molecular formula is C14H20FN. The number of benzene rings is 1. The second-order valence-electron chi connectivity index (χ2n) is 5.77. The van der Waals surface area contributed by atoms with E-state index >= 15 is 0 Å². The molecule has 88 valence electrons. The van der Waals surface area contributed by atoms with Crippen molar-refractivity contribution in [2.45, 2.75) is 27.2 Å². The minimum Gasteiger partial charge on any atom is -0.371 e. The lowest BCUT2D eigenvalue weighted by molar-refractivity contribution is 0.263. The zero-order valence-electron chi connectivity index (χ0n) is 10.3. The van der Waals surface area contributed by atoms with Gasteiger partial charge in [-0.15, -0.1) is 0 Å². The SMILES string of the molecule is CC(C)(C)C1CCN(c2ccc(F)cc2)C1. The molecule has 0 amide bonds. The molecule has 1 saturated heterocycles. The predicted molar refractivity (Wildman–Crippen MR) is 66.2 cm³/mol. The van der Waals surface area contributed by atoms with Gasteiger partial charge in [-0.25, -0.2) is 4.39 Å². The molecule has 0 aliphatic carbocycles. The van der Waals surface area contributed by atoms with E-state index in [0.717, 1.165) is 24.7 Å². The number of nitrogens with zero attached hydrogens (tertiary/aromatic N) is 1. The normalized spacial score (nSPS) is 21.5. The molecule has 1 atom stereocenters. The standard InChI is InChI=1S/C14H20FN/c1-14(2,3)11-8-9-16(10-11)13-6-4-12(15)5-7-13/h4-7,11H,8-10H2,1-3H3. The van der Waals surface area contributed by atoms with Crippen LogP contribution in [-0.4, -0.2) is 13.1 Å². The summed E-state index contributed by atoms with van der Waals surface area (Å²) in [4.78, 5) is 2.36. The van der Waals surface area contributed by atoms with E-state index in [-0.39, 0.29) is 5.82 Å². The Morgan fingerprint density at radius 1 is 1.19 bits per heavy atom. The fraction of sp³-hybridized carbons (Fsp3) is 0.571. The Morgan fingerprint density at radius 2 is 1.81 bits per heavy atom. The van der Waals surface area contributed by atoms with Gasteiger partial charge in [-0.2, -0.15) is 0 Å². The summed E-state index contributed by atoms with van der Waals surface area (Å²) in [5.74, 6) is 0.577. The van der Waals surface area contributed by atoms with E-state index in [2.05, 4.69) is 25.7 Å². The van der Waals surface area contributed by atoms with E-state index in [4.69, 9.17) is 0 Å². The Kier molecular flexibility index (Phi) is 2.92. The van der Waals surface area contributed by atoms with E-state index in [9.17, 15) is 4.39 Å². The first-order valence-electron chi connectivity index (χ1n) is 5.97. The minimum absolute atomic E-state index is 0.157. The van der Waals surface area contributed by atoms with Gasteiger partial charge in [0.1, 0.15) is 5.82 Å². The lowest BCUT2D eigenvalue weighted by atomic mass is 9.80. The van der Waals surface area contributed by atoms with Gasteiger partial charge < -0.3 is 4.90 Å². The van der Waals surface area contributed by atoms with Crippen LogP contribution in [0, 0.1) is 17.2 Å². The smallest absolute Gasteiger partial charge is 0.123 e. The molecule has 0 spiro atoms. The van der Waals surface area contributed by atoms with Crippen molar-refractivity contribution in [3.63, 3.8) is 0 Å². The maximum Gasteiger partial charge on any atom is 0.123 e. The first-order valence-corrected chi connectivity index (χ1v) is 5.97. The van der Waals surface area contributed by atoms with Crippen molar-refractivity contribution in [2.24, 2.45) is 11.3 Å². The summed E-state index contributed by atoms with van der Waals surface area (Å²) in [6.07, 6.45) is 1.24. The van der Waals surface area contributed by atoms with Crippen LogP contribution in [0.1, 0.15) is 27.2 Å². The van der Waals surface area contributed by atoms with E-state index in [1.807, 2.05) is 12.1 Å². The molecule has 16 heavy (non-hydrogen) atoms. The van der Waals surface area contributed by atoms with Gasteiger partial charge in [-0.3, -0.25) is 0 Å². The fourth-order valence-electron chi connectivity index (χ4n) is 2.35. The second-order valence-corrected chi connectivity index (χ2v) is 5.77. The van der Waals surface area contributed by atoms with Crippen molar-refractivity contribution >= 4 is 5.69 Å².